The van der Waals surface area contributed by atoms with Crippen molar-refractivity contribution in [2.45, 2.75) is 13.3 Å². The van der Waals surface area contributed by atoms with Crippen LogP contribution < -0.4 is 15.8 Å². The zero-order valence-corrected chi connectivity index (χ0v) is 11.6. The Morgan fingerprint density at radius 3 is 2.67 bits per heavy atom. The lowest BCUT2D eigenvalue weighted by atomic mass is 10.3. The average molecular weight is 288 g/mol. The summed E-state index contributed by atoms with van der Waals surface area (Å²) in [6.07, 6.45) is 0.941. The number of nitrogens with zero attached hydrogens (tertiary/aromatic N) is 2. The lowest BCUT2D eigenvalue weighted by molar-refractivity contribution is -0.384. The van der Waals surface area contributed by atoms with Gasteiger partial charge in [-0.15, -0.1) is 0 Å². The Bertz CT molecular complexity index is 629. The summed E-state index contributed by atoms with van der Waals surface area (Å²) in [4.78, 5) is 14.3. The monoisotopic (exact) mass is 288 g/mol. The fraction of sp³-hybridized carbons (Fsp3) is 0.214. The smallest absolute Gasteiger partial charge is 0.276 e. The maximum atomic E-state index is 10.8. The van der Waals surface area contributed by atoms with Crippen LogP contribution in [-0.2, 0) is 0 Å². The molecule has 0 saturated carbocycles. The molecule has 0 bridgehead atoms. The zero-order chi connectivity index (χ0) is 15.2. The number of nitrogens with one attached hydrogen (secondary N) is 1. The van der Waals surface area contributed by atoms with Crippen molar-refractivity contribution in [3.8, 4) is 5.75 Å². The molecule has 110 valence electrons. The van der Waals surface area contributed by atoms with Crippen molar-refractivity contribution < 1.29 is 9.66 Å². The van der Waals surface area contributed by atoms with Gasteiger partial charge in [-0.05, 0) is 30.7 Å². The second-order valence-corrected chi connectivity index (χ2v) is 4.39. The lowest BCUT2D eigenvalue weighted by Gasteiger charge is -2.08. The lowest BCUT2D eigenvalue weighted by Crippen LogP contribution is -2.00. The van der Waals surface area contributed by atoms with E-state index in [9.17, 15) is 10.1 Å². The highest BCUT2D eigenvalue weighted by molar-refractivity contribution is 5.61. The number of aromatic nitrogens is 1. The number of hydrogen-bond acceptors (Lipinski definition) is 6. The number of benzene rings is 1. The van der Waals surface area contributed by atoms with Crippen LogP contribution in [0.1, 0.15) is 13.3 Å². The molecule has 0 radical (unpaired) electrons. The zero-order valence-electron chi connectivity index (χ0n) is 11.6. The Labute approximate surface area is 121 Å². The second kappa shape index (κ2) is 6.56. The van der Waals surface area contributed by atoms with Crippen LogP contribution in [0.25, 0.3) is 0 Å². The van der Waals surface area contributed by atoms with Gasteiger partial charge in [0.25, 0.3) is 5.69 Å². The summed E-state index contributed by atoms with van der Waals surface area (Å²) in [7, 11) is 0. The van der Waals surface area contributed by atoms with Crippen LogP contribution in [0.2, 0.25) is 0 Å². The number of nitro groups is 1. The maximum Gasteiger partial charge on any atom is 0.276 e. The first-order valence-corrected chi connectivity index (χ1v) is 6.50. The van der Waals surface area contributed by atoms with Gasteiger partial charge in [-0.2, -0.15) is 0 Å². The molecule has 0 spiro atoms. The van der Waals surface area contributed by atoms with E-state index < -0.39 is 4.92 Å². The number of anilines is 3. The van der Waals surface area contributed by atoms with Crippen LogP contribution in [0.15, 0.2) is 36.4 Å². The van der Waals surface area contributed by atoms with Crippen LogP contribution in [0, 0.1) is 10.1 Å². The minimum Gasteiger partial charge on any atom is -0.494 e. The predicted molar refractivity (Wildman–Crippen MR) is 80.8 cm³/mol. The standard InChI is InChI=1S/C14H16N4O3/c1-2-7-21-12-5-3-10(4-6-12)16-14-9-11(18(19)20)8-13(15)17-14/h3-6,8-9H,2,7H2,1H3,(H3,15,16,17). The van der Waals surface area contributed by atoms with Gasteiger partial charge in [-0.3, -0.25) is 10.1 Å². The number of rotatable bonds is 6. The molecule has 0 aliphatic heterocycles. The Morgan fingerprint density at radius 2 is 2.05 bits per heavy atom. The highest BCUT2D eigenvalue weighted by atomic mass is 16.6. The summed E-state index contributed by atoms with van der Waals surface area (Å²) < 4.78 is 5.48. The molecule has 2 rings (SSSR count). The van der Waals surface area contributed by atoms with Crippen LogP contribution >= 0.6 is 0 Å². The molecule has 0 saturated heterocycles. The van der Waals surface area contributed by atoms with Crippen LogP contribution in [0.3, 0.4) is 0 Å². The molecule has 21 heavy (non-hydrogen) atoms. The highest BCUT2D eigenvalue weighted by Gasteiger charge is 2.09. The largest absolute Gasteiger partial charge is 0.494 e. The van der Waals surface area contributed by atoms with Crippen molar-refractivity contribution in [3.05, 3.63) is 46.5 Å². The molecular weight excluding hydrogens is 272 g/mol. The second-order valence-electron chi connectivity index (χ2n) is 4.39. The molecular formula is C14H16N4O3. The SMILES string of the molecule is CCCOc1ccc(Nc2cc([N+](=O)[O-])cc(N)n2)cc1. The van der Waals surface area contributed by atoms with Gasteiger partial charge in [0.1, 0.15) is 17.4 Å². The number of ether oxygens (including phenoxy) is 1. The molecule has 2 aromatic rings. The van der Waals surface area contributed by atoms with E-state index in [1.807, 2.05) is 31.2 Å². The maximum absolute atomic E-state index is 10.8. The summed E-state index contributed by atoms with van der Waals surface area (Å²) >= 11 is 0. The van der Waals surface area contributed by atoms with Gasteiger partial charge in [0.2, 0.25) is 0 Å². The first-order valence-electron chi connectivity index (χ1n) is 6.50. The first kappa shape index (κ1) is 14.6. The van der Waals surface area contributed by atoms with E-state index in [4.69, 9.17) is 10.5 Å². The summed E-state index contributed by atoms with van der Waals surface area (Å²) in [5.74, 6) is 1.19. The molecule has 0 aliphatic rings. The van der Waals surface area contributed by atoms with Gasteiger partial charge >= 0.3 is 0 Å². The van der Waals surface area contributed by atoms with Crippen LogP contribution in [0.5, 0.6) is 5.75 Å². The topological polar surface area (TPSA) is 103 Å². The van der Waals surface area contributed by atoms with Crippen molar-refractivity contribution in [1.29, 1.82) is 0 Å². The van der Waals surface area contributed by atoms with Crippen LogP contribution in [-0.4, -0.2) is 16.5 Å². The molecule has 0 aliphatic carbocycles. The predicted octanol–water partition coefficient (Wildman–Crippen LogP) is 3.10. The van der Waals surface area contributed by atoms with Crippen molar-refractivity contribution in [3.63, 3.8) is 0 Å². The fourth-order valence-corrected chi connectivity index (χ4v) is 1.71. The highest BCUT2D eigenvalue weighted by Crippen LogP contribution is 2.23. The Morgan fingerprint density at radius 1 is 1.33 bits per heavy atom. The molecule has 0 fully saturated rings. The van der Waals surface area contributed by atoms with E-state index in [-0.39, 0.29) is 11.5 Å². The van der Waals surface area contributed by atoms with Gasteiger partial charge in [0.05, 0.1) is 23.7 Å². The summed E-state index contributed by atoms with van der Waals surface area (Å²) in [5.41, 5.74) is 6.19. The molecule has 1 aromatic carbocycles. The molecule has 7 heteroatoms. The van der Waals surface area contributed by atoms with Crippen molar-refractivity contribution in [2.75, 3.05) is 17.7 Å². The van der Waals surface area contributed by atoms with E-state index in [1.54, 1.807) is 0 Å². The van der Waals surface area contributed by atoms with Gasteiger partial charge < -0.3 is 15.8 Å². The van der Waals surface area contributed by atoms with Crippen LogP contribution in [0.4, 0.5) is 23.0 Å². The Kier molecular flexibility index (Phi) is 4.55. The molecule has 0 amide bonds. The van der Waals surface area contributed by atoms with Gasteiger partial charge in [0, 0.05) is 5.69 Å². The Hall–Kier alpha value is -2.83. The molecule has 1 aromatic heterocycles. The van der Waals surface area contributed by atoms with E-state index in [2.05, 4.69) is 10.3 Å². The third-order valence-corrected chi connectivity index (χ3v) is 2.64. The third kappa shape index (κ3) is 4.07. The number of nitrogen functional groups attached to an aromatic ring is 1. The minimum atomic E-state index is -0.509. The number of pyridine rings is 1. The van der Waals surface area contributed by atoms with E-state index >= 15 is 0 Å². The molecule has 1 heterocycles. The number of hydrogen-bond donors (Lipinski definition) is 2. The van der Waals surface area contributed by atoms with E-state index in [1.165, 1.54) is 12.1 Å². The van der Waals surface area contributed by atoms with Gasteiger partial charge in [-0.25, -0.2) is 4.98 Å². The fourth-order valence-electron chi connectivity index (χ4n) is 1.71. The molecule has 0 unspecified atom stereocenters. The third-order valence-electron chi connectivity index (χ3n) is 2.64. The van der Waals surface area contributed by atoms with Gasteiger partial charge in [-0.1, -0.05) is 6.92 Å². The molecule has 7 nitrogen and oxygen atoms in total. The van der Waals surface area contributed by atoms with Crippen molar-refractivity contribution >= 4 is 23.0 Å². The summed E-state index contributed by atoms with van der Waals surface area (Å²) in [6, 6.07) is 9.80. The van der Waals surface area contributed by atoms with Gasteiger partial charge in [0.15, 0.2) is 0 Å². The summed E-state index contributed by atoms with van der Waals surface area (Å²) in [5, 5.41) is 13.8. The summed E-state index contributed by atoms with van der Waals surface area (Å²) in [6.45, 7) is 2.70. The quantitative estimate of drug-likeness (QED) is 0.625. The van der Waals surface area contributed by atoms with E-state index in [0.717, 1.165) is 17.9 Å². The van der Waals surface area contributed by atoms with Crippen molar-refractivity contribution in [1.82, 2.24) is 4.98 Å². The van der Waals surface area contributed by atoms with Crippen molar-refractivity contribution in [2.24, 2.45) is 0 Å². The minimum absolute atomic E-state index is 0.0922. The van der Waals surface area contributed by atoms with E-state index in [0.29, 0.717) is 12.4 Å². The first-order chi connectivity index (χ1) is 10.1. The Balaban J connectivity index is 2.12. The average Bonchev–Trinajstić information content (AvgIpc) is 2.46. The molecule has 0 atom stereocenters. The normalized spacial score (nSPS) is 10.1. The molecule has 3 N–H and O–H groups in total. The number of nitrogens with two attached hydrogens (primary N) is 1.